The minimum atomic E-state index is -3.08. The van der Waals surface area contributed by atoms with Gasteiger partial charge in [-0.3, -0.25) is 0 Å². The van der Waals surface area contributed by atoms with Crippen LogP contribution in [-0.4, -0.2) is 8.07 Å². The lowest BCUT2D eigenvalue weighted by molar-refractivity contribution is 0.661. The van der Waals surface area contributed by atoms with Crippen molar-refractivity contribution >= 4 is 83.1 Å². The van der Waals surface area contributed by atoms with Gasteiger partial charge in [0, 0.05) is 27.3 Å². The van der Waals surface area contributed by atoms with Crippen LogP contribution in [0.25, 0.3) is 87.6 Å². The highest BCUT2D eigenvalue weighted by atomic mass is 28.3. The molecule has 1 aromatic heterocycles. The number of furan rings is 1. The van der Waals surface area contributed by atoms with Crippen LogP contribution in [0.3, 0.4) is 0 Å². The number of hydrogen-bond acceptors (Lipinski definition) is 1. The zero-order valence-electron chi connectivity index (χ0n) is 36.3. The van der Waals surface area contributed by atoms with Crippen molar-refractivity contribution in [3.8, 4) is 33.4 Å². The van der Waals surface area contributed by atoms with Gasteiger partial charge in [-0.25, -0.2) is 0 Å². The molecule has 0 saturated heterocycles. The smallest absolute Gasteiger partial charge is 0.180 e. The van der Waals surface area contributed by atoms with E-state index in [2.05, 4.69) is 244 Å². The molecule has 0 aliphatic heterocycles. The number of para-hydroxylation sites is 1. The predicted octanol–water partition coefficient (Wildman–Crippen LogP) is 14.1. The summed E-state index contributed by atoms with van der Waals surface area (Å²) in [5.74, 6) is 0. The molecule has 0 N–H and O–H groups in total. The highest BCUT2D eigenvalue weighted by Gasteiger charge is 2.44. The van der Waals surface area contributed by atoms with Crippen LogP contribution in [0.2, 0.25) is 0 Å². The van der Waals surface area contributed by atoms with Gasteiger partial charge in [0.1, 0.15) is 11.2 Å². The maximum atomic E-state index is 7.25. The fraction of sp³-hybridized carbons (Fsp3) is 0.0476. The van der Waals surface area contributed by atoms with E-state index in [4.69, 9.17) is 4.42 Å². The van der Waals surface area contributed by atoms with E-state index in [-0.39, 0.29) is 5.41 Å². The molecule has 0 atom stereocenters. The second kappa shape index (κ2) is 14.4. The van der Waals surface area contributed by atoms with Crippen molar-refractivity contribution in [1.82, 2.24) is 0 Å². The Kier molecular flexibility index (Phi) is 8.34. The van der Waals surface area contributed by atoms with Crippen LogP contribution in [0.4, 0.5) is 0 Å². The topological polar surface area (TPSA) is 13.1 Å². The maximum Gasteiger partial charge on any atom is 0.180 e. The Morgan fingerprint density at radius 2 is 0.831 bits per heavy atom. The van der Waals surface area contributed by atoms with Crippen molar-refractivity contribution in [2.75, 3.05) is 0 Å². The molecule has 1 heterocycles. The minimum absolute atomic E-state index is 0.164. The molecule has 0 radical (unpaired) electrons. The van der Waals surface area contributed by atoms with E-state index in [1.54, 1.807) is 0 Å². The van der Waals surface area contributed by atoms with Crippen molar-refractivity contribution in [3.05, 3.63) is 242 Å². The van der Waals surface area contributed by atoms with E-state index >= 15 is 0 Å². The molecule has 13 rings (SSSR count). The third-order valence-electron chi connectivity index (χ3n) is 14.6. The molecular formula is C63H44OSi. The molecule has 0 saturated carbocycles. The van der Waals surface area contributed by atoms with Gasteiger partial charge >= 0.3 is 0 Å². The molecule has 2 heteroatoms. The fourth-order valence-electron chi connectivity index (χ4n) is 11.7. The van der Waals surface area contributed by atoms with Crippen molar-refractivity contribution in [2.45, 2.75) is 19.3 Å². The van der Waals surface area contributed by atoms with Gasteiger partial charge in [-0.05, 0) is 111 Å². The van der Waals surface area contributed by atoms with Crippen molar-refractivity contribution in [1.29, 1.82) is 0 Å². The molecule has 11 aromatic carbocycles. The number of fused-ring (bicyclic) bond motifs is 9. The molecular weight excluding hydrogens is 801 g/mol. The quantitative estimate of drug-likeness (QED) is 0.0923. The van der Waals surface area contributed by atoms with E-state index in [0.29, 0.717) is 0 Å². The molecule has 12 aromatic rings. The van der Waals surface area contributed by atoms with Gasteiger partial charge in [-0.2, -0.15) is 0 Å². The molecule has 1 nitrogen and oxygen atoms in total. The van der Waals surface area contributed by atoms with Crippen LogP contribution in [0.5, 0.6) is 0 Å². The summed E-state index contributed by atoms with van der Waals surface area (Å²) in [6.45, 7) is 4.79. The molecule has 1 aliphatic rings. The predicted molar refractivity (Wildman–Crippen MR) is 278 cm³/mol. The number of rotatable bonds is 6. The summed E-state index contributed by atoms with van der Waals surface area (Å²) >= 11 is 0. The first-order valence-electron chi connectivity index (χ1n) is 22.8. The van der Waals surface area contributed by atoms with Crippen LogP contribution in [0.1, 0.15) is 25.0 Å². The van der Waals surface area contributed by atoms with Crippen molar-refractivity contribution < 1.29 is 4.42 Å². The third kappa shape index (κ3) is 5.44. The summed E-state index contributed by atoms with van der Waals surface area (Å²) in [5, 5.41) is 15.0. The standard InChI is InChI=1S/C63H44OSi/c1-63(2)55-40-43(34-35-47(55)54-38-41-20-12-13-21-42(41)39-56(54)63)59-49-29-14-16-31-51(49)60(52-32-17-15-30-50(52)59)61-58(37-36-53-48-28-18-19-33-57(48)64-62(53)61)65(44-22-6-3-7-23-44,45-24-8-4-9-25-45)46-26-10-5-11-27-46/h3-40H,1-2H3. The van der Waals surface area contributed by atoms with E-state index in [1.165, 1.54) is 97.6 Å². The van der Waals surface area contributed by atoms with Gasteiger partial charge in [-0.1, -0.05) is 220 Å². The highest BCUT2D eigenvalue weighted by Crippen LogP contribution is 2.53. The zero-order chi connectivity index (χ0) is 43.3. The van der Waals surface area contributed by atoms with Gasteiger partial charge < -0.3 is 4.42 Å². The highest BCUT2D eigenvalue weighted by molar-refractivity contribution is 7.20. The lowest BCUT2D eigenvalue weighted by Crippen LogP contribution is -2.75. The molecule has 65 heavy (non-hydrogen) atoms. The van der Waals surface area contributed by atoms with Crippen molar-refractivity contribution in [2.24, 2.45) is 0 Å². The Morgan fingerprint density at radius 1 is 0.354 bits per heavy atom. The zero-order valence-corrected chi connectivity index (χ0v) is 37.3. The molecule has 306 valence electrons. The van der Waals surface area contributed by atoms with E-state index in [9.17, 15) is 0 Å². The second-order valence-electron chi connectivity index (χ2n) is 18.3. The van der Waals surface area contributed by atoms with Crippen LogP contribution >= 0.6 is 0 Å². The number of benzene rings is 11. The Morgan fingerprint density at radius 3 is 1.42 bits per heavy atom. The van der Waals surface area contributed by atoms with E-state index in [0.717, 1.165) is 21.9 Å². The molecule has 0 spiro atoms. The molecule has 0 bridgehead atoms. The van der Waals surface area contributed by atoms with Gasteiger partial charge in [0.15, 0.2) is 8.07 Å². The van der Waals surface area contributed by atoms with Crippen LogP contribution in [-0.2, 0) is 5.41 Å². The summed E-state index contributed by atoms with van der Waals surface area (Å²) in [4.78, 5) is 0. The Balaban J connectivity index is 1.16. The van der Waals surface area contributed by atoms with Crippen LogP contribution in [0, 0.1) is 0 Å². The first kappa shape index (κ1) is 37.7. The SMILES string of the molecule is CC1(C)c2cc(-c3c4ccccc4c(-c4c([Si](c5ccccc5)(c5ccccc5)c5ccccc5)ccc5c4oc4ccccc45)c4ccccc34)ccc2-c2cc3ccccc3cc21. The molecule has 0 fully saturated rings. The molecule has 0 unspecified atom stereocenters. The van der Waals surface area contributed by atoms with E-state index < -0.39 is 8.07 Å². The van der Waals surface area contributed by atoms with Gasteiger partial charge in [0.25, 0.3) is 0 Å². The van der Waals surface area contributed by atoms with Crippen molar-refractivity contribution in [3.63, 3.8) is 0 Å². The second-order valence-corrected chi connectivity index (χ2v) is 22.1. The Hall–Kier alpha value is -7.78. The van der Waals surface area contributed by atoms with E-state index in [1.807, 2.05) is 0 Å². The minimum Gasteiger partial charge on any atom is -0.455 e. The van der Waals surface area contributed by atoms with Gasteiger partial charge in [0.2, 0.25) is 0 Å². The summed E-state index contributed by atoms with van der Waals surface area (Å²) in [7, 11) is -3.08. The fourth-order valence-corrected chi connectivity index (χ4v) is 16.6. The average Bonchev–Trinajstić information content (AvgIpc) is 3.85. The monoisotopic (exact) mass is 844 g/mol. The lowest BCUT2D eigenvalue weighted by atomic mass is 9.80. The summed E-state index contributed by atoms with van der Waals surface area (Å²) in [5.41, 5.74) is 12.0. The van der Waals surface area contributed by atoms with Gasteiger partial charge in [0.05, 0.1) is 0 Å². The first-order valence-corrected chi connectivity index (χ1v) is 24.8. The third-order valence-corrected chi connectivity index (χ3v) is 19.4. The maximum absolute atomic E-state index is 7.25. The molecule has 0 amide bonds. The normalized spacial score (nSPS) is 13.2. The number of hydrogen-bond donors (Lipinski definition) is 0. The molecule has 1 aliphatic carbocycles. The average molecular weight is 845 g/mol. The van der Waals surface area contributed by atoms with Crippen LogP contribution in [0.15, 0.2) is 235 Å². The van der Waals surface area contributed by atoms with Gasteiger partial charge in [-0.15, -0.1) is 0 Å². The lowest BCUT2D eigenvalue weighted by Gasteiger charge is -2.36. The summed E-state index contributed by atoms with van der Waals surface area (Å²) < 4.78 is 7.25. The largest absolute Gasteiger partial charge is 0.455 e. The first-order chi connectivity index (χ1) is 32.0. The summed E-state index contributed by atoms with van der Waals surface area (Å²) in [6, 6.07) is 86.2. The van der Waals surface area contributed by atoms with Crippen LogP contribution < -0.4 is 20.7 Å². The Bertz CT molecular complexity index is 3690. The summed E-state index contributed by atoms with van der Waals surface area (Å²) in [6.07, 6.45) is 0. The Labute approximate surface area is 379 Å².